The van der Waals surface area contributed by atoms with Crippen LogP contribution in [0.1, 0.15) is 33.1 Å². The molecular weight excluding hydrogens is 168 g/mol. The van der Waals surface area contributed by atoms with Crippen molar-refractivity contribution in [2.24, 2.45) is 5.92 Å². The van der Waals surface area contributed by atoms with Gasteiger partial charge < -0.3 is 14.2 Å². The molecule has 0 aromatic carbocycles. The van der Waals surface area contributed by atoms with Crippen molar-refractivity contribution in [1.82, 2.24) is 0 Å². The second-order valence-corrected chi connectivity index (χ2v) is 3.58. The number of rotatable bonds is 7. The van der Waals surface area contributed by atoms with Gasteiger partial charge in [-0.3, -0.25) is 0 Å². The molecule has 0 amide bonds. The summed E-state index contributed by atoms with van der Waals surface area (Å²) in [5.74, 6) is -0.127. The minimum Gasteiger partial charge on any atom is -0.331 e. The van der Waals surface area contributed by atoms with Crippen LogP contribution in [0.2, 0.25) is 0 Å². The minimum atomic E-state index is -0.838. The average Bonchev–Trinajstić information content (AvgIpc) is 2.13. The number of ether oxygens (including phenoxy) is 3. The zero-order chi connectivity index (χ0) is 10.3. The van der Waals surface area contributed by atoms with Crippen LogP contribution in [0.5, 0.6) is 0 Å². The molecule has 0 N–H and O–H groups in total. The summed E-state index contributed by atoms with van der Waals surface area (Å²) >= 11 is 0. The van der Waals surface area contributed by atoms with Gasteiger partial charge >= 0.3 is 0 Å². The highest BCUT2D eigenvalue weighted by Crippen LogP contribution is 2.21. The molecule has 0 fully saturated rings. The molecule has 0 aliphatic heterocycles. The lowest BCUT2D eigenvalue weighted by Gasteiger charge is -2.28. The molecule has 0 atom stereocenters. The second kappa shape index (κ2) is 6.35. The van der Waals surface area contributed by atoms with E-state index in [1.54, 1.807) is 21.3 Å². The smallest absolute Gasteiger partial charge is 0.282 e. The van der Waals surface area contributed by atoms with Crippen molar-refractivity contribution in [3.8, 4) is 0 Å². The van der Waals surface area contributed by atoms with Gasteiger partial charge in [-0.05, 0) is 12.3 Å². The molecular formula is C10H22O3. The lowest BCUT2D eigenvalue weighted by atomic mass is 10.1. The van der Waals surface area contributed by atoms with Gasteiger partial charge in [0, 0.05) is 27.8 Å². The summed E-state index contributed by atoms with van der Waals surface area (Å²) < 4.78 is 15.5. The van der Waals surface area contributed by atoms with E-state index in [2.05, 4.69) is 13.8 Å². The second-order valence-electron chi connectivity index (χ2n) is 3.58. The third kappa shape index (κ3) is 4.60. The van der Waals surface area contributed by atoms with Crippen LogP contribution in [0, 0.1) is 5.92 Å². The Labute approximate surface area is 81.4 Å². The van der Waals surface area contributed by atoms with E-state index in [1.165, 1.54) is 0 Å². The van der Waals surface area contributed by atoms with Crippen LogP contribution in [0.3, 0.4) is 0 Å². The molecule has 0 unspecified atom stereocenters. The van der Waals surface area contributed by atoms with Crippen molar-refractivity contribution >= 4 is 0 Å². The van der Waals surface area contributed by atoms with Crippen LogP contribution in [0.25, 0.3) is 0 Å². The Morgan fingerprint density at radius 2 is 1.46 bits per heavy atom. The Morgan fingerprint density at radius 1 is 1.00 bits per heavy atom. The summed E-state index contributed by atoms with van der Waals surface area (Å²) in [6.45, 7) is 4.40. The van der Waals surface area contributed by atoms with E-state index < -0.39 is 5.97 Å². The summed E-state index contributed by atoms with van der Waals surface area (Å²) in [5, 5.41) is 0. The SMILES string of the molecule is COC(CCCC(C)C)(OC)OC. The molecule has 0 saturated carbocycles. The van der Waals surface area contributed by atoms with Crippen molar-refractivity contribution in [1.29, 1.82) is 0 Å². The molecule has 0 rings (SSSR count). The molecule has 13 heavy (non-hydrogen) atoms. The Kier molecular flexibility index (Phi) is 6.29. The van der Waals surface area contributed by atoms with E-state index in [1.807, 2.05) is 0 Å². The Morgan fingerprint density at radius 3 is 1.77 bits per heavy atom. The van der Waals surface area contributed by atoms with Gasteiger partial charge in [0.2, 0.25) is 0 Å². The van der Waals surface area contributed by atoms with Crippen molar-refractivity contribution in [2.75, 3.05) is 21.3 Å². The van der Waals surface area contributed by atoms with E-state index >= 15 is 0 Å². The standard InChI is InChI=1S/C10H22O3/c1-9(2)7-6-8-10(11-3,12-4)13-5/h9H,6-8H2,1-5H3. The fourth-order valence-electron chi connectivity index (χ4n) is 1.28. The molecule has 0 bridgehead atoms. The van der Waals surface area contributed by atoms with Gasteiger partial charge in [0.05, 0.1) is 0 Å². The van der Waals surface area contributed by atoms with Crippen LogP contribution in [-0.4, -0.2) is 27.3 Å². The lowest BCUT2D eigenvalue weighted by Crippen LogP contribution is -2.35. The largest absolute Gasteiger partial charge is 0.331 e. The average molecular weight is 190 g/mol. The maximum Gasteiger partial charge on any atom is 0.282 e. The van der Waals surface area contributed by atoms with Gasteiger partial charge in [0.25, 0.3) is 5.97 Å². The highest BCUT2D eigenvalue weighted by molar-refractivity contribution is 4.57. The predicted molar refractivity (Wildman–Crippen MR) is 52.4 cm³/mol. The first kappa shape index (κ1) is 12.9. The summed E-state index contributed by atoms with van der Waals surface area (Å²) in [6, 6.07) is 0. The van der Waals surface area contributed by atoms with Crippen LogP contribution in [0.15, 0.2) is 0 Å². The summed E-state index contributed by atoms with van der Waals surface area (Å²) in [7, 11) is 4.80. The Hall–Kier alpha value is -0.120. The maximum atomic E-state index is 5.17. The van der Waals surface area contributed by atoms with Crippen molar-refractivity contribution in [3.05, 3.63) is 0 Å². The third-order valence-electron chi connectivity index (χ3n) is 2.20. The molecule has 0 spiro atoms. The summed E-state index contributed by atoms with van der Waals surface area (Å²) in [4.78, 5) is 0. The molecule has 0 aromatic rings. The van der Waals surface area contributed by atoms with Crippen LogP contribution >= 0.6 is 0 Å². The monoisotopic (exact) mass is 190 g/mol. The predicted octanol–water partition coefficient (Wildman–Crippen LogP) is 2.41. The van der Waals surface area contributed by atoms with Gasteiger partial charge in [-0.15, -0.1) is 0 Å². The van der Waals surface area contributed by atoms with Crippen molar-refractivity contribution in [2.45, 2.75) is 39.1 Å². The quantitative estimate of drug-likeness (QED) is 0.577. The molecule has 0 aliphatic rings. The summed E-state index contributed by atoms with van der Waals surface area (Å²) in [5.41, 5.74) is 0. The minimum absolute atomic E-state index is 0.711. The van der Waals surface area contributed by atoms with Gasteiger partial charge in [-0.25, -0.2) is 0 Å². The molecule has 0 aliphatic carbocycles. The molecule has 0 radical (unpaired) electrons. The molecule has 3 nitrogen and oxygen atoms in total. The first-order valence-electron chi connectivity index (χ1n) is 4.75. The number of methoxy groups -OCH3 is 3. The normalized spacial score (nSPS) is 12.5. The Balaban J connectivity index is 3.81. The van der Waals surface area contributed by atoms with Crippen molar-refractivity contribution in [3.63, 3.8) is 0 Å². The van der Waals surface area contributed by atoms with E-state index in [0.717, 1.165) is 19.3 Å². The maximum absolute atomic E-state index is 5.17. The van der Waals surface area contributed by atoms with Gasteiger partial charge in [0.1, 0.15) is 0 Å². The van der Waals surface area contributed by atoms with Gasteiger partial charge in [-0.1, -0.05) is 20.3 Å². The summed E-state index contributed by atoms with van der Waals surface area (Å²) in [6.07, 6.45) is 2.99. The van der Waals surface area contributed by atoms with E-state index in [4.69, 9.17) is 14.2 Å². The zero-order valence-corrected chi connectivity index (χ0v) is 9.42. The molecule has 3 heteroatoms. The van der Waals surface area contributed by atoms with E-state index in [9.17, 15) is 0 Å². The van der Waals surface area contributed by atoms with Gasteiger partial charge in [-0.2, -0.15) is 0 Å². The topological polar surface area (TPSA) is 27.7 Å². The fraction of sp³-hybridized carbons (Fsp3) is 1.00. The van der Waals surface area contributed by atoms with E-state index in [0.29, 0.717) is 5.92 Å². The lowest BCUT2D eigenvalue weighted by molar-refractivity contribution is -0.355. The molecule has 80 valence electrons. The van der Waals surface area contributed by atoms with Crippen LogP contribution in [-0.2, 0) is 14.2 Å². The molecule has 0 saturated heterocycles. The van der Waals surface area contributed by atoms with Crippen LogP contribution in [0.4, 0.5) is 0 Å². The van der Waals surface area contributed by atoms with Gasteiger partial charge in [0.15, 0.2) is 0 Å². The Bertz CT molecular complexity index is 111. The first-order valence-corrected chi connectivity index (χ1v) is 4.75. The number of hydrogen-bond donors (Lipinski definition) is 0. The molecule has 0 heterocycles. The van der Waals surface area contributed by atoms with Crippen LogP contribution < -0.4 is 0 Å². The van der Waals surface area contributed by atoms with Crippen molar-refractivity contribution < 1.29 is 14.2 Å². The zero-order valence-electron chi connectivity index (χ0n) is 9.42. The highest BCUT2D eigenvalue weighted by Gasteiger charge is 2.28. The molecule has 0 aromatic heterocycles. The highest BCUT2D eigenvalue weighted by atomic mass is 16.9. The third-order valence-corrected chi connectivity index (χ3v) is 2.20. The van der Waals surface area contributed by atoms with E-state index in [-0.39, 0.29) is 0 Å². The fourth-order valence-corrected chi connectivity index (χ4v) is 1.28. The number of hydrogen-bond acceptors (Lipinski definition) is 3. The first-order chi connectivity index (χ1) is 6.10.